The SMILES string of the molecule is COC(=O)c1cc(OC)c(Oc2c(F)c(Oc3cccc(NC(=N)N)c3)nc(Oc3cc(C(=N)N)ccc3O)c2F)c(OC)c1. The van der Waals surface area contributed by atoms with Crippen molar-refractivity contribution < 1.29 is 47.1 Å². The predicted molar refractivity (Wildman–Crippen MR) is 156 cm³/mol. The number of pyridine rings is 1. The summed E-state index contributed by atoms with van der Waals surface area (Å²) in [5.41, 5.74) is 11.3. The number of phenols is 1. The van der Waals surface area contributed by atoms with E-state index < -0.39 is 40.9 Å². The summed E-state index contributed by atoms with van der Waals surface area (Å²) in [5.74, 6) is -8.85. The number of aromatic hydroxyl groups is 1. The van der Waals surface area contributed by atoms with Crippen LogP contribution in [0.4, 0.5) is 14.5 Å². The molecule has 0 atom stereocenters. The zero-order valence-electron chi connectivity index (χ0n) is 23.9. The monoisotopic (exact) mass is 624 g/mol. The Morgan fingerprint density at radius 2 is 1.44 bits per heavy atom. The van der Waals surface area contributed by atoms with Gasteiger partial charge in [-0.25, -0.2) is 4.79 Å². The third-order valence-corrected chi connectivity index (χ3v) is 5.87. The second-order valence-electron chi connectivity index (χ2n) is 8.85. The molecular formula is C29H26F2N6O8. The van der Waals surface area contributed by atoms with Crippen molar-refractivity contribution in [3.63, 3.8) is 0 Å². The first kappa shape index (κ1) is 31.6. The van der Waals surface area contributed by atoms with Gasteiger partial charge in [-0.3, -0.25) is 10.8 Å². The molecule has 0 radical (unpaired) electrons. The average molecular weight is 625 g/mol. The molecule has 3 aromatic carbocycles. The summed E-state index contributed by atoms with van der Waals surface area (Å²) in [5, 5.41) is 27.9. The number of esters is 1. The van der Waals surface area contributed by atoms with Crippen LogP contribution in [0.2, 0.25) is 0 Å². The van der Waals surface area contributed by atoms with Crippen molar-refractivity contribution in [1.82, 2.24) is 4.98 Å². The van der Waals surface area contributed by atoms with Crippen LogP contribution in [-0.2, 0) is 4.74 Å². The second-order valence-corrected chi connectivity index (χ2v) is 8.85. The smallest absolute Gasteiger partial charge is 0.338 e. The first-order valence-corrected chi connectivity index (χ1v) is 12.6. The summed E-state index contributed by atoms with van der Waals surface area (Å²) >= 11 is 0. The summed E-state index contributed by atoms with van der Waals surface area (Å²) in [6.07, 6.45) is 0. The van der Waals surface area contributed by atoms with E-state index in [2.05, 4.69) is 10.3 Å². The van der Waals surface area contributed by atoms with Crippen molar-refractivity contribution >= 4 is 23.5 Å². The molecule has 14 nitrogen and oxygen atoms in total. The first-order chi connectivity index (χ1) is 21.4. The molecule has 16 heteroatoms. The van der Waals surface area contributed by atoms with Crippen molar-refractivity contribution in [2.45, 2.75) is 0 Å². The van der Waals surface area contributed by atoms with Crippen LogP contribution in [0.15, 0.2) is 54.6 Å². The number of phenolic OH excluding ortho intramolecular Hbond substituents is 1. The van der Waals surface area contributed by atoms with Crippen LogP contribution in [0.3, 0.4) is 0 Å². The Morgan fingerprint density at radius 1 is 0.822 bits per heavy atom. The lowest BCUT2D eigenvalue weighted by molar-refractivity contribution is 0.0599. The Morgan fingerprint density at radius 3 is 2.02 bits per heavy atom. The fourth-order valence-corrected chi connectivity index (χ4v) is 3.80. The molecule has 4 aromatic rings. The number of ether oxygens (including phenoxy) is 6. The number of amidine groups is 1. The van der Waals surface area contributed by atoms with Crippen molar-refractivity contribution in [3.8, 4) is 52.0 Å². The van der Waals surface area contributed by atoms with Crippen molar-refractivity contribution in [3.05, 3.63) is 77.4 Å². The Bertz CT molecular complexity index is 1780. The van der Waals surface area contributed by atoms with Gasteiger partial charge in [-0.1, -0.05) is 6.07 Å². The minimum Gasteiger partial charge on any atom is -0.504 e. The molecule has 45 heavy (non-hydrogen) atoms. The van der Waals surface area contributed by atoms with Gasteiger partial charge in [-0.05, 0) is 42.5 Å². The zero-order chi connectivity index (χ0) is 32.8. The normalized spacial score (nSPS) is 10.4. The number of benzene rings is 3. The van der Waals surface area contributed by atoms with E-state index in [9.17, 15) is 9.90 Å². The molecule has 1 heterocycles. The van der Waals surface area contributed by atoms with E-state index in [1.165, 1.54) is 50.6 Å². The van der Waals surface area contributed by atoms with Gasteiger partial charge in [0.15, 0.2) is 29.0 Å². The standard InChI is InChI=1S/C29H26F2N6O8/c1-40-19-10-14(28(39)42-3)11-20(41-2)23(19)45-24-21(30)26(43-16-6-4-5-15(12-16)36-29(34)35)37-27(22(24)31)44-18-9-13(25(32)33)7-8-17(18)38/h4-12,38H,1-3H3,(H3,32,33)(H4,34,35,36). The van der Waals surface area contributed by atoms with E-state index in [0.29, 0.717) is 5.69 Å². The van der Waals surface area contributed by atoms with Gasteiger partial charge in [0.2, 0.25) is 23.1 Å². The maximum absolute atomic E-state index is 16.0. The van der Waals surface area contributed by atoms with Crippen LogP contribution in [0.5, 0.6) is 52.0 Å². The summed E-state index contributed by atoms with van der Waals surface area (Å²) in [7, 11) is 3.60. The van der Waals surface area contributed by atoms with Crippen LogP contribution in [0, 0.1) is 22.5 Å². The highest BCUT2D eigenvalue weighted by molar-refractivity contribution is 5.95. The fourth-order valence-electron chi connectivity index (χ4n) is 3.80. The fraction of sp³-hybridized carbons (Fsp3) is 0.103. The number of halogens is 2. The molecular weight excluding hydrogens is 598 g/mol. The number of nitrogens with one attached hydrogen (secondary N) is 3. The van der Waals surface area contributed by atoms with Crippen molar-refractivity contribution in [1.29, 1.82) is 10.8 Å². The number of rotatable bonds is 11. The summed E-state index contributed by atoms with van der Waals surface area (Å²) in [6, 6.07) is 11.8. The summed E-state index contributed by atoms with van der Waals surface area (Å²) in [6.45, 7) is 0. The van der Waals surface area contributed by atoms with Crippen LogP contribution >= 0.6 is 0 Å². The van der Waals surface area contributed by atoms with Gasteiger partial charge in [0.1, 0.15) is 11.6 Å². The molecule has 0 aliphatic rings. The molecule has 0 bridgehead atoms. The van der Waals surface area contributed by atoms with Gasteiger partial charge < -0.3 is 50.3 Å². The van der Waals surface area contributed by atoms with E-state index in [4.69, 9.17) is 50.7 Å². The number of aromatic nitrogens is 1. The van der Waals surface area contributed by atoms with Crippen molar-refractivity contribution in [2.24, 2.45) is 11.5 Å². The molecule has 0 saturated heterocycles. The lowest BCUT2D eigenvalue weighted by Crippen LogP contribution is -2.20. The van der Waals surface area contributed by atoms with E-state index in [1.807, 2.05) is 0 Å². The summed E-state index contributed by atoms with van der Waals surface area (Å²) < 4.78 is 64.0. The van der Waals surface area contributed by atoms with Gasteiger partial charge in [-0.15, -0.1) is 0 Å². The number of methoxy groups -OCH3 is 3. The van der Waals surface area contributed by atoms with Gasteiger partial charge in [0.25, 0.3) is 11.8 Å². The number of guanidine groups is 1. The molecule has 8 N–H and O–H groups in total. The maximum Gasteiger partial charge on any atom is 0.338 e. The average Bonchev–Trinajstić information content (AvgIpc) is 3.01. The van der Waals surface area contributed by atoms with E-state index in [0.717, 1.165) is 19.2 Å². The molecule has 0 spiro atoms. The molecule has 1 aromatic heterocycles. The molecule has 0 unspecified atom stereocenters. The summed E-state index contributed by atoms with van der Waals surface area (Å²) in [4.78, 5) is 16.0. The lowest BCUT2D eigenvalue weighted by Gasteiger charge is -2.18. The van der Waals surface area contributed by atoms with Gasteiger partial charge in [0, 0.05) is 17.3 Å². The lowest BCUT2D eigenvalue weighted by atomic mass is 10.2. The zero-order valence-corrected chi connectivity index (χ0v) is 23.9. The predicted octanol–water partition coefficient (Wildman–Crippen LogP) is 4.84. The number of nitrogens with zero attached hydrogens (tertiary/aromatic N) is 1. The highest BCUT2D eigenvalue weighted by atomic mass is 19.1. The molecule has 234 valence electrons. The third-order valence-electron chi connectivity index (χ3n) is 5.87. The number of nitrogen functional groups attached to an aromatic ring is 1. The quantitative estimate of drug-likeness (QED) is 0.0751. The Hall–Kier alpha value is -6.32. The molecule has 0 aliphatic carbocycles. The number of carbonyl (C=O) groups is 1. The van der Waals surface area contributed by atoms with E-state index in [1.54, 1.807) is 6.07 Å². The number of carbonyl (C=O) groups excluding carboxylic acids is 1. The molecule has 0 amide bonds. The van der Waals surface area contributed by atoms with E-state index >= 15 is 8.78 Å². The van der Waals surface area contributed by atoms with Crippen molar-refractivity contribution in [2.75, 3.05) is 26.6 Å². The van der Waals surface area contributed by atoms with Crippen LogP contribution < -0.4 is 40.5 Å². The largest absolute Gasteiger partial charge is 0.504 e. The third kappa shape index (κ3) is 7.02. The topological polar surface area (TPSA) is 217 Å². The van der Waals surface area contributed by atoms with Crippen LogP contribution in [0.25, 0.3) is 0 Å². The van der Waals surface area contributed by atoms with Crippen LogP contribution in [0.1, 0.15) is 15.9 Å². The minimum atomic E-state index is -1.49. The molecule has 0 aliphatic heterocycles. The Labute approximate surface area is 254 Å². The first-order valence-electron chi connectivity index (χ1n) is 12.6. The number of hydrogen-bond donors (Lipinski definition) is 6. The Balaban J connectivity index is 1.88. The number of anilines is 1. The molecule has 0 saturated carbocycles. The molecule has 0 fully saturated rings. The molecule has 4 rings (SSSR count). The Kier molecular flexibility index (Phi) is 9.36. The number of hydrogen-bond acceptors (Lipinski definition) is 11. The van der Waals surface area contributed by atoms with Gasteiger partial charge in [0.05, 0.1) is 26.9 Å². The van der Waals surface area contributed by atoms with Gasteiger partial charge >= 0.3 is 5.97 Å². The van der Waals surface area contributed by atoms with E-state index in [-0.39, 0.29) is 51.7 Å². The minimum absolute atomic E-state index is 0.0119. The number of nitrogens with two attached hydrogens (primary N) is 2. The van der Waals surface area contributed by atoms with Gasteiger partial charge in [-0.2, -0.15) is 13.8 Å². The maximum atomic E-state index is 16.0. The highest BCUT2D eigenvalue weighted by Crippen LogP contribution is 2.46. The van der Waals surface area contributed by atoms with Crippen LogP contribution in [-0.4, -0.2) is 49.2 Å². The second kappa shape index (κ2) is 13.3. The highest BCUT2D eigenvalue weighted by Gasteiger charge is 2.29.